The molecule has 0 bridgehead atoms. The van der Waals surface area contributed by atoms with Gasteiger partial charge in [-0.3, -0.25) is 4.79 Å². The second-order valence-corrected chi connectivity index (χ2v) is 5.63. The van der Waals surface area contributed by atoms with Gasteiger partial charge in [0.25, 0.3) is 5.91 Å². The van der Waals surface area contributed by atoms with Crippen LogP contribution in [0, 0.1) is 20.8 Å². The first-order chi connectivity index (χ1) is 9.06. The van der Waals surface area contributed by atoms with Gasteiger partial charge >= 0.3 is 0 Å². The fraction of sp³-hybridized carbons (Fsp3) is 0.333. The summed E-state index contributed by atoms with van der Waals surface area (Å²) >= 11 is 1.64. The normalized spacial score (nSPS) is 10.5. The average molecular weight is 274 g/mol. The lowest BCUT2D eigenvalue weighted by Gasteiger charge is -2.06. The molecule has 0 saturated heterocycles. The Bertz CT molecular complexity index is 590. The van der Waals surface area contributed by atoms with Crippen molar-refractivity contribution in [2.24, 2.45) is 0 Å². The number of hydrogen-bond acceptors (Lipinski definition) is 3. The smallest absolute Gasteiger partial charge is 0.251 e. The van der Waals surface area contributed by atoms with E-state index in [0.717, 1.165) is 28.2 Å². The van der Waals surface area contributed by atoms with E-state index in [-0.39, 0.29) is 5.91 Å². The van der Waals surface area contributed by atoms with Gasteiger partial charge in [-0.2, -0.15) is 0 Å². The number of amides is 1. The number of aryl methyl sites for hydroxylation is 3. The fourth-order valence-electron chi connectivity index (χ4n) is 1.79. The number of nitrogens with one attached hydrogen (secondary N) is 1. The van der Waals surface area contributed by atoms with Gasteiger partial charge in [-0.1, -0.05) is 6.07 Å². The summed E-state index contributed by atoms with van der Waals surface area (Å²) in [7, 11) is 0. The molecule has 0 saturated carbocycles. The van der Waals surface area contributed by atoms with Crippen molar-refractivity contribution in [3.05, 3.63) is 51.0 Å². The molecule has 4 heteroatoms. The molecule has 3 nitrogen and oxygen atoms in total. The Morgan fingerprint density at radius 2 is 2.05 bits per heavy atom. The molecule has 0 unspecified atom stereocenters. The lowest BCUT2D eigenvalue weighted by Crippen LogP contribution is -2.25. The minimum absolute atomic E-state index is 0.0172. The van der Waals surface area contributed by atoms with Crippen LogP contribution in [0.25, 0.3) is 0 Å². The van der Waals surface area contributed by atoms with Crippen molar-refractivity contribution in [3.8, 4) is 0 Å². The molecule has 1 aromatic heterocycles. The fourth-order valence-corrected chi connectivity index (χ4v) is 2.56. The Balaban J connectivity index is 1.89. The van der Waals surface area contributed by atoms with E-state index in [0.29, 0.717) is 6.54 Å². The van der Waals surface area contributed by atoms with E-state index in [4.69, 9.17) is 0 Å². The van der Waals surface area contributed by atoms with E-state index in [2.05, 4.69) is 10.3 Å². The third-order valence-corrected chi connectivity index (χ3v) is 4.09. The molecule has 0 radical (unpaired) electrons. The van der Waals surface area contributed by atoms with Gasteiger partial charge in [-0.15, -0.1) is 11.3 Å². The van der Waals surface area contributed by atoms with Gasteiger partial charge < -0.3 is 5.32 Å². The zero-order valence-corrected chi connectivity index (χ0v) is 12.3. The van der Waals surface area contributed by atoms with Crippen LogP contribution in [-0.4, -0.2) is 17.4 Å². The van der Waals surface area contributed by atoms with Crippen molar-refractivity contribution in [2.75, 3.05) is 6.54 Å². The molecule has 0 fully saturated rings. The van der Waals surface area contributed by atoms with Crippen molar-refractivity contribution < 1.29 is 4.79 Å². The van der Waals surface area contributed by atoms with E-state index in [1.807, 2.05) is 44.4 Å². The third kappa shape index (κ3) is 3.64. The molecular formula is C15H18N2OS. The van der Waals surface area contributed by atoms with Crippen LogP contribution in [0.1, 0.15) is 32.2 Å². The van der Waals surface area contributed by atoms with E-state index < -0.39 is 0 Å². The average Bonchev–Trinajstić information content (AvgIpc) is 2.78. The van der Waals surface area contributed by atoms with Crippen molar-refractivity contribution in [1.82, 2.24) is 10.3 Å². The molecule has 0 aliphatic rings. The highest BCUT2D eigenvalue weighted by molar-refractivity contribution is 7.09. The summed E-state index contributed by atoms with van der Waals surface area (Å²) in [4.78, 5) is 16.3. The molecular weight excluding hydrogens is 256 g/mol. The largest absolute Gasteiger partial charge is 0.352 e. The van der Waals surface area contributed by atoms with Crippen molar-refractivity contribution in [2.45, 2.75) is 27.2 Å². The van der Waals surface area contributed by atoms with Crippen LogP contribution in [0.5, 0.6) is 0 Å². The van der Waals surface area contributed by atoms with Gasteiger partial charge in [0.2, 0.25) is 0 Å². The van der Waals surface area contributed by atoms with Gasteiger partial charge in [-0.05, 0) is 44.0 Å². The number of carbonyl (C=O) groups is 1. The summed E-state index contributed by atoms with van der Waals surface area (Å²) in [6.45, 7) is 6.67. The lowest BCUT2D eigenvalue weighted by molar-refractivity contribution is 0.0954. The van der Waals surface area contributed by atoms with Crippen LogP contribution in [-0.2, 0) is 6.42 Å². The maximum Gasteiger partial charge on any atom is 0.251 e. The van der Waals surface area contributed by atoms with Crippen LogP contribution in [0.3, 0.4) is 0 Å². The zero-order chi connectivity index (χ0) is 13.8. The van der Waals surface area contributed by atoms with Crippen molar-refractivity contribution in [3.63, 3.8) is 0 Å². The second kappa shape index (κ2) is 5.97. The Morgan fingerprint density at radius 1 is 1.26 bits per heavy atom. The molecule has 0 spiro atoms. The highest BCUT2D eigenvalue weighted by Crippen LogP contribution is 2.10. The van der Waals surface area contributed by atoms with Crippen LogP contribution >= 0.6 is 11.3 Å². The van der Waals surface area contributed by atoms with Crippen LogP contribution < -0.4 is 5.32 Å². The Labute approximate surface area is 117 Å². The molecule has 100 valence electrons. The highest BCUT2D eigenvalue weighted by atomic mass is 32.1. The Kier molecular flexibility index (Phi) is 4.32. The number of hydrogen-bond donors (Lipinski definition) is 1. The SMILES string of the molecule is Cc1csc(CCNC(=O)c2ccc(C)c(C)c2)n1. The number of rotatable bonds is 4. The van der Waals surface area contributed by atoms with Crippen molar-refractivity contribution in [1.29, 1.82) is 0 Å². The van der Waals surface area contributed by atoms with Gasteiger partial charge in [-0.25, -0.2) is 4.98 Å². The lowest BCUT2D eigenvalue weighted by atomic mass is 10.1. The van der Waals surface area contributed by atoms with Crippen LogP contribution in [0.2, 0.25) is 0 Å². The summed E-state index contributed by atoms with van der Waals surface area (Å²) in [5.41, 5.74) is 4.11. The number of benzene rings is 1. The van der Waals surface area contributed by atoms with Gasteiger partial charge in [0, 0.05) is 29.6 Å². The minimum Gasteiger partial charge on any atom is -0.352 e. The standard InChI is InChI=1S/C15H18N2OS/c1-10-4-5-13(8-11(10)2)15(18)16-7-6-14-17-12(3)9-19-14/h4-5,8-9H,6-7H2,1-3H3,(H,16,18). The second-order valence-electron chi connectivity index (χ2n) is 4.69. The number of carbonyl (C=O) groups excluding carboxylic acids is 1. The topological polar surface area (TPSA) is 42.0 Å². The highest BCUT2D eigenvalue weighted by Gasteiger charge is 2.06. The predicted octanol–water partition coefficient (Wildman–Crippen LogP) is 3.04. The predicted molar refractivity (Wildman–Crippen MR) is 78.8 cm³/mol. The summed E-state index contributed by atoms with van der Waals surface area (Å²) in [5.74, 6) is -0.0172. The summed E-state index contributed by atoms with van der Waals surface area (Å²) in [6.07, 6.45) is 0.787. The first-order valence-electron chi connectivity index (χ1n) is 6.32. The molecule has 0 aliphatic heterocycles. The minimum atomic E-state index is -0.0172. The maximum atomic E-state index is 12.0. The molecule has 1 amide bonds. The first-order valence-corrected chi connectivity index (χ1v) is 7.20. The quantitative estimate of drug-likeness (QED) is 0.931. The molecule has 2 aromatic rings. The summed E-state index contributed by atoms with van der Waals surface area (Å²) in [6, 6.07) is 5.78. The van der Waals surface area contributed by atoms with E-state index in [1.54, 1.807) is 11.3 Å². The van der Waals surface area contributed by atoms with Gasteiger partial charge in [0.05, 0.1) is 5.01 Å². The van der Waals surface area contributed by atoms with Crippen LogP contribution in [0.4, 0.5) is 0 Å². The molecule has 1 heterocycles. The van der Waals surface area contributed by atoms with Gasteiger partial charge in [0.15, 0.2) is 0 Å². The van der Waals surface area contributed by atoms with Crippen LogP contribution in [0.15, 0.2) is 23.6 Å². The molecule has 1 aromatic carbocycles. The Morgan fingerprint density at radius 3 is 2.68 bits per heavy atom. The Hall–Kier alpha value is -1.68. The summed E-state index contributed by atoms with van der Waals surface area (Å²) in [5, 5.41) is 6.03. The maximum absolute atomic E-state index is 12.0. The number of aromatic nitrogens is 1. The van der Waals surface area contributed by atoms with Gasteiger partial charge in [0.1, 0.15) is 0 Å². The summed E-state index contributed by atoms with van der Waals surface area (Å²) < 4.78 is 0. The number of nitrogens with zero attached hydrogens (tertiary/aromatic N) is 1. The third-order valence-electron chi connectivity index (χ3n) is 3.06. The molecule has 0 atom stereocenters. The molecule has 19 heavy (non-hydrogen) atoms. The monoisotopic (exact) mass is 274 g/mol. The van der Waals surface area contributed by atoms with Crippen molar-refractivity contribution >= 4 is 17.2 Å². The van der Waals surface area contributed by atoms with E-state index >= 15 is 0 Å². The van der Waals surface area contributed by atoms with E-state index in [1.165, 1.54) is 5.56 Å². The first kappa shape index (κ1) is 13.7. The molecule has 1 N–H and O–H groups in total. The zero-order valence-electron chi connectivity index (χ0n) is 11.5. The number of thiazole rings is 1. The molecule has 2 rings (SSSR count). The van der Waals surface area contributed by atoms with E-state index in [9.17, 15) is 4.79 Å². The molecule has 0 aliphatic carbocycles.